The third-order valence-corrected chi connectivity index (χ3v) is 7.75. The normalized spacial score (nSPS) is 28.4. The highest BCUT2D eigenvalue weighted by Gasteiger charge is 2.30. The molecule has 7 heteroatoms. The molecule has 4 unspecified atom stereocenters. The van der Waals surface area contributed by atoms with Crippen LogP contribution in [-0.4, -0.2) is 26.4 Å². The maximum atomic E-state index is 6.16. The zero-order valence-corrected chi connectivity index (χ0v) is 13.8. The van der Waals surface area contributed by atoms with E-state index in [1.54, 1.807) is 11.3 Å². The van der Waals surface area contributed by atoms with E-state index in [1.165, 1.54) is 0 Å². The zero-order valence-electron chi connectivity index (χ0n) is 11.4. The van der Waals surface area contributed by atoms with E-state index in [9.17, 15) is 0 Å². The van der Waals surface area contributed by atoms with Crippen LogP contribution in [0, 0.1) is 0 Å². The van der Waals surface area contributed by atoms with E-state index in [0.29, 0.717) is 21.6 Å². The van der Waals surface area contributed by atoms with Crippen molar-refractivity contribution in [3.05, 3.63) is 34.1 Å². The topological polar surface area (TPSA) is 64.9 Å². The molecule has 2 aromatic rings. The first-order valence-corrected chi connectivity index (χ1v) is 9.42. The fourth-order valence-corrected chi connectivity index (χ4v) is 5.57. The first kappa shape index (κ1) is 14.4. The van der Waals surface area contributed by atoms with E-state index in [-0.39, 0.29) is 6.04 Å². The van der Waals surface area contributed by atoms with Crippen molar-refractivity contribution in [3.63, 3.8) is 0 Å². The van der Waals surface area contributed by atoms with Gasteiger partial charge in [-0.15, -0.1) is 23.1 Å². The molecule has 1 aliphatic rings. The molecule has 3 rings (SSSR count). The van der Waals surface area contributed by atoms with Crippen LogP contribution in [-0.2, 0) is 0 Å². The highest BCUT2D eigenvalue weighted by Crippen LogP contribution is 2.43. The minimum Gasteiger partial charge on any atom is -0.337 e. The Morgan fingerprint density at radius 1 is 1.40 bits per heavy atom. The molecule has 1 saturated heterocycles. The summed E-state index contributed by atoms with van der Waals surface area (Å²) in [6, 6.07) is 3.66. The number of thioether (sulfide) groups is 2. The van der Waals surface area contributed by atoms with Gasteiger partial charge in [-0.25, -0.2) is 0 Å². The second kappa shape index (κ2) is 6.09. The summed E-state index contributed by atoms with van der Waals surface area (Å²) in [6.07, 6.45) is 0. The van der Waals surface area contributed by atoms with Crippen LogP contribution in [0.1, 0.15) is 41.7 Å². The van der Waals surface area contributed by atoms with Crippen LogP contribution >= 0.6 is 34.9 Å². The molecule has 0 radical (unpaired) electrons. The molecule has 0 aliphatic carbocycles. The molecular formula is C13H17N3OS3. The van der Waals surface area contributed by atoms with Crippen LogP contribution < -0.4 is 5.73 Å². The molecule has 4 atom stereocenters. The van der Waals surface area contributed by atoms with E-state index in [2.05, 4.69) is 24.0 Å². The number of hydrogen-bond acceptors (Lipinski definition) is 7. The lowest BCUT2D eigenvalue weighted by Gasteiger charge is -2.29. The van der Waals surface area contributed by atoms with E-state index < -0.39 is 0 Å². The molecule has 4 nitrogen and oxygen atoms in total. The standard InChI is InChI=1S/C13H17N3OS3/c1-7-8(2)20-10(6-19-7)12-15-13(17-16-12)11(14)9-4-3-5-18-9/h3-5,7-8,10-11H,6,14H2,1-2H3. The smallest absolute Gasteiger partial charge is 0.249 e. The average molecular weight is 328 g/mol. The Bertz CT molecular complexity index is 557. The maximum Gasteiger partial charge on any atom is 0.249 e. The van der Waals surface area contributed by atoms with Gasteiger partial charge in [0.05, 0.1) is 5.25 Å². The summed E-state index contributed by atoms with van der Waals surface area (Å²) in [7, 11) is 0. The van der Waals surface area contributed by atoms with Crippen molar-refractivity contribution in [3.8, 4) is 0 Å². The van der Waals surface area contributed by atoms with Crippen molar-refractivity contribution in [2.45, 2.75) is 35.6 Å². The maximum absolute atomic E-state index is 6.16. The van der Waals surface area contributed by atoms with E-state index >= 15 is 0 Å². The van der Waals surface area contributed by atoms with E-state index in [4.69, 9.17) is 10.3 Å². The Hall–Kier alpha value is -0.500. The van der Waals surface area contributed by atoms with Crippen molar-refractivity contribution < 1.29 is 4.52 Å². The van der Waals surface area contributed by atoms with Crippen molar-refractivity contribution in [2.24, 2.45) is 5.73 Å². The quantitative estimate of drug-likeness (QED) is 0.931. The molecule has 0 amide bonds. The minimum absolute atomic E-state index is 0.305. The van der Waals surface area contributed by atoms with Gasteiger partial charge in [-0.3, -0.25) is 0 Å². The SMILES string of the molecule is CC1SCC(c2noc(C(N)c3cccs3)n2)SC1C. The fourth-order valence-electron chi connectivity index (χ4n) is 2.01. The molecule has 0 aromatic carbocycles. The van der Waals surface area contributed by atoms with Gasteiger partial charge >= 0.3 is 0 Å². The van der Waals surface area contributed by atoms with Gasteiger partial charge in [0.25, 0.3) is 0 Å². The molecule has 108 valence electrons. The molecule has 0 spiro atoms. The second-order valence-electron chi connectivity index (χ2n) is 4.85. The molecule has 20 heavy (non-hydrogen) atoms. The van der Waals surface area contributed by atoms with Gasteiger partial charge in [0, 0.05) is 21.1 Å². The average Bonchev–Trinajstić information content (AvgIpc) is 3.11. The number of thiophene rings is 1. The summed E-state index contributed by atoms with van der Waals surface area (Å²) in [4.78, 5) is 5.57. The summed E-state index contributed by atoms with van der Waals surface area (Å²) < 4.78 is 5.36. The summed E-state index contributed by atoms with van der Waals surface area (Å²) in [5, 5.41) is 7.72. The summed E-state index contributed by atoms with van der Waals surface area (Å²) in [6.45, 7) is 4.53. The number of nitrogens with zero attached hydrogens (tertiary/aromatic N) is 2. The number of rotatable bonds is 3. The number of aromatic nitrogens is 2. The van der Waals surface area contributed by atoms with Crippen LogP contribution in [0.5, 0.6) is 0 Å². The Balaban J connectivity index is 1.74. The first-order valence-electron chi connectivity index (χ1n) is 6.54. The van der Waals surface area contributed by atoms with Gasteiger partial charge in [0.1, 0.15) is 6.04 Å². The number of nitrogens with two attached hydrogens (primary N) is 1. The van der Waals surface area contributed by atoms with Crippen LogP contribution in [0.4, 0.5) is 0 Å². The Morgan fingerprint density at radius 3 is 2.95 bits per heavy atom. The number of hydrogen-bond donors (Lipinski definition) is 1. The van der Waals surface area contributed by atoms with Crippen molar-refractivity contribution >= 4 is 34.9 Å². The highest BCUT2D eigenvalue weighted by molar-refractivity contribution is 8.07. The van der Waals surface area contributed by atoms with Gasteiger partial charge in [0.2, 0.25) is 5.89 Å². The lowest BCUT2D eigenvalue weighted by molar-refractivity contribution is 0.363. The predicted octanol–water partition coefficient (Wildman–Crippen LogP) is 3.48. The molecule has 0 saturated carbocycles. The van der Waals surface area contributed by atoms with Crippen LogP contribution in [0.25, 0.3) is 0 Å². The largest absolute Gasteiger partial charge is 0.337 e. The van der Waals surface area contributed by atoms with Gasteiger partial charge in [-0.05, 0) is 11.4 Å². The molecule has 2 N–H and O–H groups in total. The molecule has 2 aromatic heterocycles. The lowest BCUT2D eigenvalue weighted by atomic mass is 10.2. The predicted molar refractivity (Wildman–Crippen MR) is 86.4 cm³/mol. The Morgan fingerprint density at radius 2 is 2.25 bits per heavy atom. The zero-order chi connectivity index (χ0) is 14.1. The second-order valence-corrected chi connectivity index (χ2v) is 8.83. The molecule has 1 aliphatic heterocycles. The summed E-state index contributed by atoms with van der Waals surface area (Å²) in [5.74, 6) is 2.33. The van der Waals surface area contributed by atoms with Crippen LogP contribution in [0.3, 0.4) is 0 Å². The van der Waals surface area contributed by atoms with Gasteiger partial charge in [0.15, 0.2) is 5.82 Å². The van der Waals surface area contributed by atoms with Crippen LogP contribution in [0.2, 0.25) is 0 Å². The van der Waals surface area contributed by atoms with Gasteiger partial charge in [-0.1, -0.05) is 25.1 Å². The Labute approximate surface area is 130 Å². The first-order chi connectivity index (χ1) is 9.65. The molecular weight excluding hydrogens is 310 g/mol. The molecule has 1 fully saturated rings. The van der Waals surface area contributed by atoms with E-state index in [0.717, 1.165) is 16.5 Å². The van der Waals surface area contributed by atoms with Crippen molar-refractivity contribution in [1.82, 2.24) is 10.1 Å². The molecule has 0 bridgehead atoms. The fraction of sp³-hybridized carbons (Fsp3) is 0.538. The van der Waals surface area contributed by atoms with Crippen molar-refractivity contribution in [2.75, 3.05) is 5.75 Å². The summed E-state index contributed by atoms with van der Waals surface area (Å²) in [5.41, 5.74) is 6.16. The molecule has 3 heterocycles. The lowest BCUT2D eigenvalue weighted by Crippen LogP contribution is -2.22. The van der Waals surface area contributed by atoms with Crippen LogP contribution in [0.15, 0.2) is 22.0 Å². The highest BCUT2D eigenvalue weighted by atomic mass is 32.2. The van der Waals surface area contributed by atoms with E-state index in [1.807, 2.05) is 41.0 Å². The third kappa shape index (κ3) is 2.90. The third-order valence-electron chi connectivity index (χ3n) is 3.41. The Kier molecular flexibility index (Phi) is 4.40. The van der Waals surface area contributed by atoms with Gasteiger partial charge in [-0.2, -0.15) is 16.7 Å². The monoisotopic (exact) mass is 327 g/mol. The summed E-state index contributed by atoms with van der Waals surface area (Å²) >= 11 is 5.51. The van der Waals surface area contributed by atoms with Crippen molar-refractivity contribution in [1.29, 1.82) is 0 Å². The van der Waals surface area contributed by atoms with Gasteiger partial charge < -0.3 is 10.3 Å². The minimum atomic E-state index is -0.311.